The van der Waals surface area contributed by atoms with Gasteiger partial charge in [-0.2, -0.15) is 0 Å². The molecule has 4 heterocycles. The average molecular weight is 586 g/mol. The van der Waals surface area contributed by atoms with Gasteiger partial charge in [-0.15, -0.1) is 0 Å². The molecule has 5 aliphatic rings. The number of fused-ring (bicyclic) bond motifs is 4. The molecule has 7 rings (SSSR count). The molecular weight excluding hydrogens is 549 g/mol. The number of nitrogens with one attached hydrogen (secondary N) is 1. The van der Waals surface area contributed by atoms with Gasteiger partial charge in [0.25, 0.3) is 5.91 Å². The molecule has 1 aromatic carbocycles. The Labute approximate surface area is 244 Å². The number of pyridine rings is 1. The first-order valence-electron chi connectivity index (χ1n) is 14.5. The van der Waals surface area contributed by atoms with Crippen molar-refractivity contribution in [3.63, 3.8) is 0 Å². The van der Waals surface area contributed by atoms with E-state index in [2.05, 4.69) is 22.6 Å². The number of anilines is 1. The van der Waals surface area contributed by atoms with Gasteiger partial charge in [-0.05, 0) is 96.7 Å². The van der Waals surface area contributed by atoms with Crippen LogP contribution in [0.2, 0.25) is 5.02 Å². The fourth-order valence-electron chi connectivity index (χ4n) is 6.76. The van der Waals surface area contributed by atoms with Gasteiger partial charge in [-0.25, -0.2) is 9.37 Å². The van der Waals surface area contributed by atoms with Gasteiger partial charge < -0.3 is 14.7 Å². The van der Waals surface area contributed by atoms with E-state index in [1.165, 1.54) is 11.9 Å². The number of rotatable bonds is 3. The molecule has 2 aliphatic carbocycles. The van der Waals surface area contributed by atoms with Crippen LogP contribution >= 0.6 is 23.5 Å². The van der Waals surface area contributed by atoms with Crippen molar-refractivity contribution < 1.29 is 19.0 Å². The van der Waals surface area contributed by atoms with Crippen LogP contribution in [0.5, 0.6) is 5.75 Å². The van der Waals surface area contributed by atoms with Crippen molar-refractivity contribution in [2.24, 2.45) is 17.8 Å². The Balaban J connectivity index is 1.36. The van der Waals surface area contributed by atoms with Crippen molar-refractivity contribution in [1.82, 2.24) is 9.71 Å². The number of ether oxygens (including phenoxy) is 1. The van der Waals surface area contributed by atoms with Gasteiger partial charge in [0.2, 0.25) is 0 Å². The molecule has 1 fully saturated rings. The van der Waals surface area contributed by atoms with E-state index in [0.29, 0.717) is 60.8 Å². The quantitative estimate of drug-likeness (QED) is 0.325. The van der Waals surface area contributed by atoms with Gasteiger partial charge in [0.05, 0.1) is 17.7 Å². The summed E-state index contributed by atoms with van der Waals surface area (Å²) in [6.45, 7) is 5.77. The molecule has 0 radical (unpaired) electrons. The molecule has 1 saturated carbocycles. The summed E-state index contributed by atoms with van der Waals surface area (Å²) in [5, 5.41) is 11.7. The molecule has 3 aliphatic heterocycles. The van der Waals surface area contributed by atoms with Gasteiger partial charge in [-0.3, -0.25) is 9.52 Å². The predicted octanol–water partition coefficient (Wildman–Crippen LogP) is 6.31. The summed E-state index contributed by atoms with van der Waals surface area (Å²) < 4.78 is 24.5. The van der Waals surface area contributed by atoms with Gasteiger partial charge in [-0.1, -0.05) is 44.0 Å². The summed E-state index contributed by atoms with van der Waals surface area (Å²) in [6.07, 6.45) is 7.14. The number of hydrogen-bond acceptors (Lipinski definition) is 6. The highest BCUT2D eigenvalue weighted by atomic mass is 35.5. The molecule has 4 unspecified atom stereocenters. The molecule has 214 valence electrons. The fraction of sp³-hybridized carbons (Fsp3) is 0.548. The summed E-state index contributed by atoms with van der Waals surface area (Å²) in [6, 6.07) is 7.10. The minimum atomic E-state index is -0.412. The van der Waals surface area contributed by atoms with E-state index in [1.54, 1.807) is 12.1 Å². The lowest BCUT2D eigenvalue weighted by atomic mass is 9.65. The first-order chi connectivity index (χ1) is 19.3. The van der Waals surface area contributed by atoms with Gasteiger partial charge >= 0.3 is 0 Å². The average Bonchev–Trinajstić information content (AvgIpc) is 3.08. The molecule has 6 nitrogen and oxygen atoms in total. The summed E-state index contributed by atoms with van der Waals surface area (Å²) in [5.74, 6) is 1.50. The van der Waals surface area contributed by atoms with Crippen LogP contribution < -0.4 is 14.4 Å². The van der Waals surface area contributed by atoms with Crippen LogP contribution in [0.3, 0.4) is 0 Å². The third-order valence-electron chi connectivity index (χ3n) is 9.08. The maximum absolute atomic E-state index is 15.2. The van der Waals surface area contributed by atoms with E-state index < -0.39 is 6.10 Å². The summed E-state index contributed by atoms with van der Waals surface area (Å²) in [7, 11) is 0. The number of aromatic nitrogens is 1. The van der Waals surface area contributed by atoms with Gasteiger partial charge in [0, 0.05) is 24.3 Å². The Morgan fingerprint density at radius 1 is 1.25 bits per heavy atom. The standard InChI is InChI=1S/C31H37ClFN3O3S/c1-3-4-24-22(7-8-25(32)28(24)33)21-15-36-14-19-5-6-23(19)29(37)20-12-18(13-20)11-17(2)40-35-31(38)26-9-10-27(39-16-21)30(36)34-26/h7-10,12,17-19,21,23,29,37H,3-6,11,13-16H2,1-2H3,(H,35,38)/t17?,18-,19-,21?,23?,29?/m0/s1. The number of amides is 1. The third-order valence-corrected chi connectivity index (χ3v) is 10.3. The maximum atomic E-state index is 15.2. The highest BCUT2D eigenvalue weighted by Gasteiger charge is 2.42. The van der Waals surface area contributed by atoms with Crippen molar-refractivity contribution in [3.8, 4) is 5.75 Å². The molecule has 0 saturated heterocycles. The second kappa shape index (κ2) is 11.5. The van der Waals surface area contributed by atoms with Crippen LogP contribution in [0, 0.1) is 23.6 Å². The zero-order valence-corrected chi connectivity index (χ0v) is 24.6. The monoisotopic (exact) mass is 585 g/mol. The minimum absolute atomic E-state index is 0.111. The Bertz CT molecular complexity index is 1320. The van der Waals surface area contributed by atoms with Crippen molar-refractivity contribution in [1.29, 1.82) is 0 Å². The van der Waals surface area contributed by atoms with E-state index in [9.17, 15) is 9.90 Å². The minimum Gasteiger partial charge on any atom is -0.489 e. The fourth-order valence-corrected chi connectivity index (χ4v) is 7.69. The second-order valence-electron chi connectivity index (χ2n) is 11.9. The molecule has 1 amide bonds. The Hall–Kier alpha value is -2.29. The number of allylic oxidation sites excluding steroid dienone is 1. The Kier molecular flexibility index (Phi) is 8.03. The number of halogens is 2. The molecule has 1 aromatic heterocycles. The Morgan fingerprint density at radius 2 is 2.08 bits per heavy atom. The largest absolute Gasteiger partial charge is 0.489 e. The number of hydrogen-bond donors (Lipinski definition) is 2. The van der Waals surface area contributed by atoms with Crippen LogP contribution in [0.15, 0.2) is 35.9 Å². The lowest BCUT2D eigenvalue weighted by Gasteiger charge is -2.45. The lowest BCUT2D eigenvalue weighted by molar-refractivity contribution is 0.0324. The zero-order valence-electron chi connectivity index (χ0n) is 23.0. The highest BCUT2D eigenvalue weighted by molar-refractivity contribution is 7.98. The van der Waals surface area contributed by atoms with Gasteiger partial charge in [0.15, 0.2) is 11.6 Å². The number of carbonyl (C=O) groups excluding carboxylic acids is 1. The molecule has 0 spiro atoms. The van der Waals surface area contributed by atoms with Crippen LogP contribution in [-0.2, 0) is 6.42 Å². The first kappa shape index (κ1) is 27.9. The van der Waals surface area contributed by atoms with Crippen molar-refractivity contribution in [3.05, 3.63) is 63.6 Å². The van der Waals surface area contributed by atoms with Gasteiger partial charge in [0.1, 0.15) is 11.5 Å². The van der Waals surface area contributed by atoms with Crippen LogP contribution in [0.1, 0.15) is 73.5 Å². The normalized spacial score (nSPS) is 30.1. The van der Waals surface area contributed by atoms with Crippen LogP contribution in [0.4, 0.5) is 10.2 Å². The number of carbonyl (C=O) groups is 1. The number of benzene rings is 1. The van der Waals surface area contributed by atoms with E-state index in [1.807, 2.05) is 19.1 Å². The highest BCUT2D eigenvalue weighted by Crippen LogP contribution is 2.46. The lowest BCUT2D eigenvalue weighted by Crippen LogP contribution is -2.46. The van der Waals surface area contributed by atoms with E-state index in [0.717, 1.165) is 43.2 Å². The number of nitrogens with zero attached hydrogens (tertiary/aromatic N) is 2. The summed E-state index contributed by atoms with van der Waals surface area (Å²) in [5.41, 5.74) is 3.05. The smallest absolute Gasteiger partial charge is 0.279 e. The molecule has 4 bridgehead atoms. The van der Waals surface area contributed by atoms with Crippen LogP contribution in [-0.4, -0.2) is 47.0 Å². The van der Waals surface area contributed by atoms with E-state index in [-0.39, 0.29) is 33.8 Å². The molecule has 2 N–H and O–H groups in total. The number of aliphatic hydroxyl groups is 1. The topological polar surface area (TPSA) is 74.7 Å². The number of aliphatic hydroxyl groups excluding tert-OH is 1. The first-order valence-corrected chi connectivity index (χ1v) is 15.8. The Morgan fingerprint density at radius 3 is 2.83 bits per heavy atom. The predicted molar refractivity (Wildman–Crippen MR) is 158 cm³/mol. The second-order valence-corrected chi connectivity index (χ2v) is 13.5. The molecule has 9 heteroatoms. The molecule has 2 aromatic rings. The van der Waals surface area contributed by atoms with E-state index in [4.69, 9.17) is 21.3 Å². The van der Waals surface area contributed by atoms with Crippen molar-refractivity contribution in [2.45, 2.75) is 69.6 Å². The maximum Gasteiger partial charge on any atom is 0.279 e. The molecular formula is C31H37ClFN3O3S. The molecule has 40 heavy (non-hydrogen) atoms. The van der Waals surface area contributed by atoms with E-state index >= 15 is 4.39 Å². The third kappa shape index (κ3) is 5.35. The van der Waals surface area contributed by atoms with Crippen molar-refractivity contribution >= 4 is 35.3 Å². The SMILES string of the molecule is CCCc1c(C2COc3ccc4nc3N(C2)C[C@@H]2CCC2C(O)C2=C[C@@H](C2)CC(C)SNC4=O)ccc(Cl)c1F. The van der Waals surface area contributed by atoms with Crippen molar-refractivity contribution in [2.75, 3.05) is 24.6 Å². The zero-order chi connectivity index (χ0) is 28.0. The summed E-state index contributed by atoms with van der Waals surface area (Å²) in [4.78, 5) is 20.1. The molecule has 6 atom stereocenters. The summed E-state index contributed by atoms with van der Waals surface area (Å²) >= 11 is 7.60. The van der Waals surface area contributed by atoms with Crippen LogP contribution in [0.25, 0.3) is 0 Å².